The molecule has 2 amide bonds. The molecule has 0 aliphatic carbocycles. The number of methoxy groups -OCH3 is 1. The Hall–Kier alpha value is -2.69. The molecule has 0 aromatic heterocycles. The first-order valence-corrected chi connectivity index (χ1v) is 9.64. The summed E-state index contributed by atoms with van der Waals surface area (Å²) in [5, 5.41) is 3.14. The molecular weight excluding hydrogens is 338 g/mol. The summed E-state index contributed by atoms with van der Waals surface area (Å²) < 4.78 is 5.21. The topological polar surface area (TPSA) is 44.8 Å². The maximum Gasteiger partial charge on any atom is 0.317 e. The average molecular weight is 367 g/mol. The van der Waals surface area contributed by atoms with Crippen molar-refractivity contribution >= 4 is 11.7 Å². The molecule has 1 atom stereocenters. The second-order valence-corrected chi connectivity index (χ2v) is 7.05. The Morgan fingerprint density at radius 2 is 1.70 bits per heavy atom. The Bertz CT molecular complexity index is 710. The highest BCUT2D eigenvalue weighted by atomic mass is 16.5. The maximum atomic E-state index is 12.5. The van der Waals surface area contributed by atoms with E-state index in [4.69, 9.17) is 4.74 Å². The van der Waals surface area contributed by atoms with Gasteiger partial charge in [0.05, 0.1) is 7.11 Å². The number of hydrogen-bond acceptors (Lipinski definition) is 3. The van der Waals surface area contributed by atoms with E-state index in [1.165, 1.54) is 11.3 Å². The van der Waals surface area contributed by atoms with E-state index in [2.05, 4.69) is 53.5 Å². The second-order valence-electron chi connectivity index (χ2n) is 7.05. The van der Waals surface area contributed by atoms with Gasteiger partial charge >= 0.3 is 6.03 Å². The molecule has 1 aliphatic heterocycles. The van der Waals surface area contributed by atoms with Crippen molar-refractivity contribution in [1.29, 1.82) is 0 Å². The number of benzene rings is 2. The molecule has 1 fully saturated rings. The van der Waals surface area contributed by atoms with Gasteiger partial charge in [0.25, 0.3) is 0 Å². The van der Waals surface area contributed by atoms with Crippen LogP contribution in [0, 0.1) is 0 Å². The molecule has 144 valence electrons. The number of piperazine rings is 1. The van der Waals surface area contributed by atoms with Crippen molar-refractivity contribution in [3.05, 3.63) is 60.2 Å². The lowest BCUT2D eigenvalue weighted by Gasteiger charge is -2.36. The fourth-order valence-corrected chi connectivity index (χ4v) is 3.36. The van der Waals surface area contributed by atoms with Gasteiger partial charge in [0, 0.05) is 37.9 Å². The fraction of sp³-hybridized carbons (Fsp3) is 0.409. The van der Waals surface area contributed by atoms with Crippen molar-refractivity contribution in [3.63, 3.8) is 0 Å². The molecule has 3 rings (SSSR count). The van der Waals surface area contributed by atoms with E-state index in [0.29, 0.717) is 0 Å². The molecule has 1 unspecified atom stereocenters. The van der Waals surface area contributed by atoms with Gasteiger partial charge in [-0.2, -0.15) is 0 Å². The van der Waals surface area contributed by atoms with Crippen LogP contribution < -0.4 is 15.0 Å². The molecule has 2 aromatic rings. The van der Waals surface area contributed by atoms with Gasteiger partial charge in [0.15, 0.2) is 0 Å². The Balaban J connectivity index is 1.42. The Labute approximate surface area is 161 Å². The van der Waals surface area contributed by atoms with Crippen LogP contribution in [-0.2, 0) is 6.42 Å². The molecule has 1 saturated heterocycles. The maximum absolute atomic E-state index is 12.5. The first-order chi connectivity index (χ1) is 13.2. The van der Waals surface area contributed by atoms with E-state index in [9.17, 15) is 4.79 Å². The normalized spacial score (nSPS) is 15.3. The number of urea groups is 1. The number of nitrogens with one attached hydrogen (secondary N) is 1. The van der Waals surface area contributed by atoms with Crippen LogP contribution in [-0.4, -0.2) is 50.3 Å². The number of aryl methyl sites for hydroxylation is 1. The lowest BCUT2D eigenvalue weighted by atomic mass is 10.1. The molecule has 2 aromatic carbocycles. The van der Waals surface area contributed by atoms with E-state index >= 15 is 0 Å². The quantitative estimate of drug-likeness (QED) is 0.849. The minimum Gasteiger partial charge on any atom is -0.497 e. The monoisotopic (exact) mass is 367 g/mol. The van der Waals surface area contributed by atoms with E-state index in [1.54, 1.807) is 7.11 Å². The lowest BCUT2D eigenvalue weighted by Crippen LogP contribution is -2.53. The van der Waals surface area contributed by atoms with Crippen LogP contribution in [0.25, 0.3) is 0 Å². The highest BCUT2D eigenvalue weighted by Crippen LogP contribution is 2.20. The van der Waals surface area contributed by atoms with Gasteiger partial charge in [-0.1, -0.05) is 30.3 Å². The van der Waals surface area contributed by atoms with Crippen LogP contribution in [0.15, 0.2) is 54.6 Å². The zero-order valence-electron chi connectivity index (χ0n) is 16.2. The van der Waals surface area contributed by atoms with Gasteiger partial charge in [-0.25, -0.2) is 4.79 Å². The number of rotatable bonds is 6. The molecule has 1 N–H and O–H groups in total. The van der Waals surface area contributed by atoms with Crippen molar-refractivity contribution < 1.29 is 9.53 Å². The number of hydrogen-bond donors (Lipinski definition) is 1. The standard InChI is InChI=1S/C22H29N3O2/c1-18(8-9-19-6-4-3-5-7-19)23-22(26)25-16-14-24(15-17-25)20-10-12-21(27-2)13-11-20/h3-7,10-13,18H,8-9,14-17H2,1-2H3,(H,23,26). The van der Waals surface area contributed by atoms with Gasteiger partial charge in [-0.05, 0) is 49.6 Å². The largest absolute Gasteiger partial charge is 0.497 e. The van der Waals surface area contributed by atoms with E-state index in [0.717, 1.165) is 44.8 Å². The first kappa shape index (κ1) is 19.1. The van der Waals surface area contributed by atoms with Crippen molar-refractivity contribution in [2.45, 2.75) is 25.8 Å². The predicted molar refractivity (Wildman–Crippen MR) is 110 cm³/mol. The van der Waals surface area contributed by atoms with Crippen molar-refractivity contribution in [2.75, 3.05) is 38.2 Å². The van der Waals surface area contributed by atoms with E-state index in [1.807, 2.05) is 23.1 Å². The van der Waals surface area contributed by atoms with Crippen LogP contribution >= 0.6 is 0 Å². The Morgan fingerprint density at radius 1 is 1.04 bits per heavy atom. The van der Waals surface area contributed by atoms with Crippen LogP contribution in [0.5, 0.6) is 5.75 Å². The fourth-order valence-electron chi connectivity index (χ4n) is 3.36. The number of carbonyl (C=O) groups excluding carboxylic acids is 1. The highest BCUT2D eigenvalue weighted by Gasteiger charge is 2.22. The van der Waals surface area contributed by atoms with Gasteiger partial charge in [-0.3, -0.25) is 0 Å². The molecule has 0 bridgehead atoms. The molecule has 0 saturated carbocycles. The number of amides is 2. The number of anilines is 1. The van der Waals surface area contributed by atoms with Gasteiger partial charge < -0.3 is 19.9 Å². The van der Waals surface area contributed by atoms with Crippen LogP contribution in [0.4, 0.5) is 10.5 Å². The summed E-state index contributed by atoms with van der Waals surface area (Å²) in [6.07, 6.45) is 1.93. The molecule has 5 nitrogen and oxygen atoms in total. The smallest absolute Gasteiger partial charge is 0.317 e. The summed E-state index contributed by atoms with van der Waals surface area (Å²) in [4.78, 5) is 16.7. The van der Waals surface area contributed by atoms with Crippen LogP contribution in [0.2, 0.25) is 0 Å². The van der Waals surface area contributed by atoms with Crippen LogP contribution in [0.3, 0.4) is 0 Å². The second kappa shape index (κ2) is 9.31. The summed E-state index contributed by atoms with van der Waals surface area (Å²) in [6, 6.07) is 18.7. The summed E-state index contributed by atoms with van der Waals surface area (Å²) in [6.45, 7) is 5.25. The zero-order valence-corrected chi connectivity index (χ0v) is 16.2. The average Bonchev–Trinajstić information content (AvgIpc) is 2.73. The molecular formula is C22H29N3O2. The van der Waals surface area contributed by atoms with Gasteiger partial charge in [-0.15, -0.1) is 0 Å². The Morgan fingerprint density at radius 3 is 2.33 bits per heavy atom. The minimum atomic E-state index is 0.0462. The predicted octanol–water partition coefficient (Wildman–Crippen LogP) is 3.55. The van der Waals surface area contributed by atoms with Crippen molar-refractivity contribution in [1.82, 2.24) is 10.2 Å². The summed E-state index contributed by atoms with van der Waals surface area (Å²) in [7, 11) is 1.67. The first-order valence-electron chi connectivity index (χ1n) is 9.64. The zero-order chi connectivity index (χ0) is 19.1. The van der Waals surface area contributed by atoms with E-state index < -0.39 is 0 Å². The molecule has 0 spiro atoms. The number of carbonyl (C=O) groups is 1. The van der Waals surface area contributed by atoms with Crippen molar-refractivity contribution in [2.24, 2.45) is 0 Å². The molecule has 27 heavy (non-hydrogen) atoms. The highest BCUT2D eigenvalue weighted by molar-refractivity contribution is 5.74. The number of ether oxygens (including phenoxy) is 1. The van der Waals surface area contributed by atoms with Gasteiger partial charge in [0.2, 0.25) is 0 Å². The number of nitrogens with zero attached hydrogens (tertiary/aromatic N) is 2. The lowest BCUT2D eigenvalue weighted by molar-refractivity contribution is 0.190. The molecule has 1 heterocycles. The third kappa shape index (κ3) is 5.39. The summed E-state index contributed by atoms with van der Waals surface area (Å²) in [5.74, 6) is 0.862. The minimum absolute atomic E-state index is 0.0462. The summed E-state index contributed by atoms with van der Waals surface area (Å²) in [5.41, 5.74) is 2.48. The Kier molecular flexibility index (Phi) is 6.58. The third-order valence-electron chi connectivity index (χ3n) is 5.08. The SMILES string of the molecule is COc1ccc(N2CCN(C(=O)NC(C)CCc3ccccc3)CC2)cc1. The summed E-state index contributed by atoms with van der Waals surface area (Å²) >= 11 is 0. The molecule has 1 aliphatic rings. The van der Waals surface area contributed by atoms with Gasteiger partial charge in [0.1, 0.15) is 5.75 Å². The van der Waals surface area contributed by atoms with Crippen molar-refractivity contribution in [3.8, 4) is 5.75 Å². The molecule has 5 heteroatoms. The molecule has 0 radical (unpaired) electrons. The van der Waals surface area contributed by atoms with E-state index in [-0.39, 0.29) is 12.1 Å². The third-order valence-corrected chi connectivity index (χ3v) is 5.08. The van der Waals surface area contributed by atoms with Crippen LogP contribution in [0.1, 0.15) is 18.9 Å².